The van der Waals surface area contributed by atoms with Gasteiger partial charge in [-0.15, -0.1) is 5.10 Å². The van der Waals surface area contributed by atoms with Crippen LogP contribution in [0.4, 0.5) is 5.82 Å². The Balaban J connectivity index is 1.26. The van der Waals surface area contributed by atoms with Crippen LogP contribution in [0.3, 0.4) is 0 Å². The van der Waals surface area contributed by atoms with Crippen LogP contribution >= 0.6 is 0 Å². The summed E-state index contributed by atoms with van der Waals surface area (Å²) in [6, 6.07) is 13.8. The van der Waals surface area contributed by atoms with Gasteiger partial charge in [0.1, 0.15) is 12.4 Å². The standard InChI is InChI=1S/C25H27N5O3/c1-30(20-9-18-13-32-14-19(10-20)27-18)23-6-5-22-21-4-3-15(7-17(21)12-33-25(22)28-23)16-8-24(31-2)29-26-11-16/h3-8,11,18-20,27H,9-10,12-14H2,1-2H3/t18-,19+,20?. The normalized spacial score (nSPS) is 23.2. The molecule has 0 spiro atoms. The monoisotopic (exact) mass is 445 g/mol. The number of anilines is 1. The van der Waals surface area contributed by atoms with Crippen molar-refractivity contribution in [2.45, 2.75) is 37.6 Å². The molecule has 6 rings (SSSR count). The van der Waals surface area contributed by atoms with Gasteiger partial charge in [0.15, 0.2) is 0 Å². The maximum atomic E-state index is 6.12. The molecule has 0 radical (unpaired) electrons. The van der Waals surface area contributed by atoms with Crippen LogP contribution in [0, 0.1) is 0 Å². The van der Waals surface area contributed by atoms with Gasteiger partial charge in [-0.05, 0) is 47.7 Å². The number of fused-ring (bicyclic) bond motifs is 5. The molecule has 3 aliphatic rings. The minimum absolute atomic E-state index is 0.426. The molecular formula is C25H27N5O3. The van der Waals surface area contributed by atoms with E-state index in [4.69, 9.17) is 19.2 Å². The second-order valence-corrected chi connectivity index (χ2v) is 9.00. The number of morpholine rings is 1. The Kier molecular flexibility index (Phi) is 5.11. The first-order chi connectivity index (χ1) is 16.2. The fourth-order valence-corrected chi connectivity index (χ4v) is 5.16. The lowest BCUT2D eigenvalue weighted by molar-refractivity contribution is 0.0183. The number of piperidine rings is 1. The van der Waals surface area contributed by atoms with Crippen LogP contribution in [0.25, 0.3) is 22.3 Å². The maximum absolute atomic E-state index is 6.12. The van der Waals surface area contributed by atoms with Gasteiger partial charge in [0, 0.05) is 42.4 Å². The fourth-order valence-electron chi connectivity index (χ4n) is 5.16. The third-order valence-electron chi connectivity index (χ3n) is 6.91. The van der Waals surface area contributed by atoms with Crippen molar-refractivity contribution in [3.05, 3.63) is 48.2 Å². The molecule has 3 atom stereocenters. The molecule has 3 aromatic rings. The van der Waals surface area contributed by atoms with E-state index in [2.05, 4.69) is 57.8 Å². The zero-order valence-electron chi connectivity index (χ0n) is 18.8. The van der Waals surface area contributed by atoms with Gasteiger partial charge in [0.2, 0.25) is 11.8 Å². The Bertz CT molecular complexity index is 1170. The predicted molar refractivity (Wildman–Crippen MR) is 125 cm³/mol. The van der Waals surface area contributed by atoms with E-state index in [9.17, 15) is 0 Å². The quantitative estimate of drug-likeness (QED) is 0.656. The van der Waals surface area contributed by atoms with Crippen LogP contribution in [0.15, 0.2) is 42.6 Å². The lowest BCUT2D eigenvalue weighted by atomic mass is 9.91. The molecule has 1 N–H and O–H groups in total. The summed E-state index contributed by atoms with van der Waals surface area (Å²) in [6.45, 7) is 2.08. The first kappa shape index (κ1) is 20.4. The van der Waals surface area contributed by atoms with Gasteiger partial charge >= 0.3 is 0 Å². The van der Waals surface area contributed by atoms with Crippen molar-refractivity contribution in [3.63, 3.8) is 0 Å². The Morgan fingerprint density at radius 1 is 1.03 bits per heavy atom. The summed E-state index contributed by atoms with van der Waals surface area (Å²) in [6.07, 6.45) is 3.87. The number of hydrogen-bond donors (Lipinski definition) is 1. The molecule has 2 saturated heterocycles. The van der Waals surface area contributed by atoms with E-state index < -0.39 is 0 Å². The smallest absolute Gasteiger partial charge is 0.233 e. The fraction of sp³-hybridized carbons (Fsp3) is 0.400. The van der Waals surface area contributed by atoms with Gasteiger partial charge in [-0.25, -0.2) is 0 Å². The van der Waals surface area contributed by atoms with E-state index in [0.29, 0.717) is 36.5 Å². The SMILES string of the molecule is COc1cc(-c2ccc3c(c2)COc2nc(N(C)C4C[C@H]5COC[C@@H](C4)N5)ccc2-3)cnn1. The molecule has 1 aromatic carbocycles. The largest absolute Gasteiger partial charge is 0.480 e. The summed E-state index contributed by atoms with van der Waals surface area (Å²) in [5, 5.41) is 11.6. The Morgan fingerprint density at radius 2 is 1.85 bits per heavy atom. The second-order valence-electron chi connectivity index (χ2n) is 9.00. The summed E-state index contributed by atoms with van der Waals surface area (Å²) in [5.41, 5.74) is 5.33. The summed E-state index contributed by atoms with van der Waals surface area (Å²) in [4.78, 5) is 7.21. The molecule has 0 amide bonds. The average Bonchev–Trinajstić information content (AvgIpc) is 2.87. The predicted octanol–water partition coefficient (Wildman–Crippen LogP) is 3.06. The molecule has 2 bridgehead atoms. The van der Waals surface area contributed by atoms with Crippen molar-refractivity contribution in [3.8, 4) is 34.0 Å². The third-order valence-corrected chi connectivity index (χ3v) is 6.91. The molecule has 5 heterocycles. The first-order valence-corrected chi connectivity index (χ1v) is 11.4. The molecule has 1 unspecified atom stereocenters. The highest BCUT2D eigenvalue weighted by atomic mass is 16.5. The molecule has 33 heavy (non-hydrogen) atoms. The highest BCUT2D eigenvalue weighted by molar-refractivity contribution is 5.78. The van der Waals surface area contributed by atoms with Crippen LogP contribution in [-0.2, 0) is 11.3 Å². The number of hydrogen-bond acceptors (Lipinski definition) is 8. The number of nitrogens with zero attached hydrogens (tertiary/aromatic N) is 4. The number of aromatic nitrogens is 3. The Labute approximate surface area is 192 Å². The topological polar surface area (TPSA) is 81.6 Å². The van der Waals surface area contributed by atoms with E-state index in [1.165, 1.54) is 0 Å². The first-order valence-electron chi connectivity index (χ1n) is 11.4. The van der Waals surface area contributed by atoms with Gasteiger partial charge in [-0.2, -0.15) is 10.1 Å². The second kappa shape index (κ2) is 8.28. The van der Waals surface area contributed by atoms with E-state index in [-0.39, 0.29) is 0 Å². The Hall–Kier alpha value is -3.23. The lowest BCUT2D eigenvalue weighted by Crippen LogP contribution is -2.58. The summed E-state index contributed by atoms with van der Waals surface area (Å²) in [7, 11) is 3.73. The summed E-state index contributed by atoms with van der Waals surface area (Å²) >= 11 is 0. The molecule has 0 aliphatic carbocycles. The van der Waals surface area contributed by atoms with Gasteiger partial charge in [0.05, 0.1) is 26.5 Å². The van der Waals surface area contributed by atoms with Crippen LogP contribution < -0.4 is 19.7 Å². The van der Waals surface area contributed by atoms with E-state index in [0.717, 1.165) is 59.7 Å². The van der Waals surface area contributed by atoms with Crippen LogP contribution in [0.5, 0.6) is 11.8 Å². The van der Waals surface area contributed by atoms with Gasteiger partial charge in [-0.1, -0.05) is 12.1 Å². The van der Waals surface area contributed by atoms with Crippen LogP contribution in [0.1, 0.15) is 18.4 Å². The summed E-state index contributed by atoms with van der Waals surface area (Å²) < 4.78 is 17.0. The van der Waals surface area contributed by atoms with Gasteiger partial charge in [0.25, 0.3) is 0 Å². The van der Waals surface area contributed by atoms with Crippen molar-refractivity contribution in [2.75, 3.05) is 32.3 Å². The molecule has 3 aliphatic heterocycles. The molecule has 8 heteroatoms. The zero-order valence-corrected chi connectivity index (χ0v) is 18.8. The number of methoxy groups -OCH3 is 1. The number of benzene rings is 1. The maximum Gasteiger partial charge on any atom is 0.233 e. The van der Waals surface area contributed by atoms with E-state index >= 15 is 0 Å². The molecule has 8 nitrogen and oxygen atoms in total. The minimum atomic E-state index is 0.426. The summed E-state index contributed by atoms with van der Waals surface area (Å²) in [5.74, 6) is 2.15. The molecular weight excluding hydrogens is 418 g/mol. The van der Waals surface area contributed by atoms with Crippen molar-refractivity contribution in [1.29, 1.82) is 0 Å². The highest BCUT2D eigenvalue weighted by Gasteiger charge is 2.34. The zero-order chi connectivity index (χ0) is 22.4. The van der Waals surface area contributed by atoms with Crippen LogP contribution in [0.2, 0.25) is 0 Å². The number of pyridine rings is 1. The van der Waals surface area contributed by atoms with Gasteiger partial charge < -0.3 is 24.4 Å². The average molecular weight is 446 g/mol. The Morgan fingerprint density at radius 3 is 2.67 bits per heavy atom. The van der Waals surface area contributed by atoms with Crippen molar-refractivity contribution >= 4 is 5.82 Å². The number of nitrogens with one attached hydrogen (secondary N) is 1. The van der Waals surface area contributed by atoms with Crippen molar-refractivity contribution in [2.24, 2.45) is 0 Å². The highest BCUT2D eigenvalue weighted by Crippen LogP contribution is 2.39. The molecule has 2 aromatic heterocycles. The van der Waals surface area contributed by atoms with E-state index in [1.807, 2.05) is 6.07 Å². The van der Waals surface area contributed by atoms with E-state index in [1.54, 1.807) is 13.3 Å². The number of rotatable bonds is 4. The molecule has 0 saturated carbocycles. The molecule has 170 valence electrons. The van der Waals surface area contributed by atoms with Crippen molar-refractivity contribution in [1.82, 2.24) is 20.5 Å². The number of ether oxygens (including phenoxy) is 3. The van der Waals surface area contributed by atoms with Crippen molar-refractivity contribution < 1.29 is 14.2 Å². The molecule has 2 fully saturated rings. The third kappa shape index (κ3) is 3.79. The minimum Gasteiger partial charge on any atom is -0.480 e. The van der Waals surface area contributed by atoms with Gasteiger partial charge in [-0.3, -0.25) is 0 Å². The lowest BCUT2D eigenvalue weighted by Gasteiger charge is -2.43. The van der Waals surface area contributed by atoms with Crippen LogP contribution in [-0.4, -0.2) is 60.7 Å².